The summed E-state index contributed by atoms with van der Waals surface area (Å²) in [6, 6.07) is 0. The molecule has 1 heterocycles. The van der Waals surface area contributed by atoms with Gasteiger partial charge in [-0.1, -0.05) is 0 Å². The molecule has 0 aliphatic carbocycles. The summed E-state index contributed by atoms with van der Waals surface area (Å²) >= 11 is 0. The smallest absolute Gasteiger partial charge is 0.245 e. The lowest BCUT2D eigenvalue weighted by Gasteiger charge is -1.93. The van der Waals surface area contributed by atoms with Gasteiger partial charge in [0.1, 0.15) is 0 Å². The molecule has 64 valence electrons. The van der Waals surface area contributed by atoms with E-state index in [1.807, 2.05) is 0 Å². The summed E-state index contributed by atoms with van der Waals surface area (Å²) in [7, 11) is 1.78. The Morgan fingerprint density at radius 1 is 1.83 bits per heavy atom. The number of imidazole rings is 1. The highest BCUT2D eigenvalue weighted by molar-refractivity contribution is 5.45. The lowest BCUT2D eigenvalue weighted by Crippen LogP contribution is -1.95. The van der Waals surface area contributed by atoms with E-state index in [4.69, 9.17) is 0 Å². The molecule has 0 aliphatic rings. The van der Waals surface area contributed by atoms with E-state index in [-0.39, 0.29) is 5.70 Å². The van der Waals surface area contributed by atoms with Crippen molar-refractivity contribution < 1.29 is 4.92 Å². The van der Waals surface area contributed by atoms with Gasteiger partial charge in [0.15, 0.2) is 0 Å². The van der Waals surface area contributed by atoms with Crippen LogP contribution in [0.5, 0.6) is 0 Å². The minimum atomic E-state index is -0.424. The van der Waals surface area contributed by atoms with Gasteiger partial charge in [0.25, 0.3) is 0 Å². The SMILES string of the molecule is CC(=Cc1cncn1C)[N+](=O)[O-]. The summed E-state index contributed by atoms with van der Waals surface area (Å²) in [5.74, 6) is 0. The minimum Gasteiger partial charge on any atom is -0.334 e. The average molecular weight is 167 g/mol. The molecule has 0 fully saturated rings. The molecule has 0 spiro atoms. The Labute approximate surface area is 69.5 Å². The fourth-order valence-electron chi connectivity index (χ4n) is 0.773. The zero-order valence-electron chi connectivity index (χ0n) is 6.89. The van der Waals surface area contributed by atoms with Crippen molar-refractivity contribution >= 4 is 6.08 Å². The summed E-state index contributed by atoms with van der Waals surface area (Å²) in [4.78, 5) is 13.7. The summed E-state index contributed by atoms with van der Waals surface area (Å²) in [5, 5.41) is 10.2. The van der Waals surface area contributed by atoms with Crippen molar-refractivity contribution in [1.29, 1.82) is 0 Å². The van der Waals surface area contributed by atoms with Crippen LogP contribution in [-0.2, 0) is 7.05 Å². The second-order valence-corrected chi connectivity index (χ2v) is 2.47. The number of rotatable bonds is 2. The molecule has 0 aliphatic heterocycles. The van der Waals surface area contributed by atoms with E-state index < -0.39 is 4.92 Å². The van der Waals surface area contributed by atoms with Crippen molar-refractivity contribution in [3.63, 3.8) is 0 Å². The van der Waals surface area contributed by atoms with Gasteiger partial charge < -0.3 is 4.57 Å². The first-order valence-corrected chi connectivity index (χ1v) is 3.40. The standard InChI is InChI=1S/C7H9N3O2/c1-6(10(11)12)3-7-4-8-5-9(7)2/h3-5H,1-2H3. The van der Waals surface area contributed by atoms with E-state index in [2.05, 4.69) is 4.98 Å². The Morgan fingerprint density at radius 3 is 2.92 bits per heavy atom. The van der Waals surface area contributed by atoms with E-state index in [1.165, 1.54) is 13.0 Å². The molecule has 0 bridgehead atoms. The van der Waals surface area contributed by atoms with Gasteiger partial charge in [0, 0.05) is 20.0 Å². The zero-order valence-corrected chi connectivity index (χ0v) is 6.89. The van der Waals surface area contributed by atoms with Gasteiger partial charge in [0.05, 0.1) is 23.1 Å². The molecule has 0 radical (unpaired) electrons. The second-order valence-electron chi connectivity index (χ2n) is 2.47. The maximum Gasteiger partial charge on any atom is 0.245 e. The second kappa shape index (κ2) is 3.17. The van der Waals surface area contributed by atoms with Gasteiger partial charge in [-0.15, -0.1) is 0 Å². The van der Waals surface area contributed by atoms with E-state index >= 15 is 0 Å². The van der Waals surface area contributed by atoms with Gasteiger partial charge in [0.2, 0.25) is 5.70 Å². The molecule has 1 rings (SSSR count). The fraction of sp³-hybridized carbons (Fsp3) is 0.286. The van der Waals surface area contributed by atoms with Crippen LogP contribution >= 0.6 is 0 Å². The highest BCUT2D eigenvalue weighted by atomic mass is 16.6. The third-order valence-electron chi connectivity index (χ3n) is 1.50. The van der Waals surface area contributed by atoms with Gasteiger partial charge >= 0.3 is 0 Å². The van der Waals surface area contributed by atoms with Gasteiger partial charge in [-0.2, -0.15) is 0 Å². The third-order valence-corrected chi connectivity index (χ3v) is 1.50. The molecule has 0 unspecified atom stereocenters. The number of allylic oxidation sites excluding steroid dienone is 1. The Bertz CT molecular complexity index is 327. The van der Waals surface area contributed by atoms with Gasteiger partial charge in [-0.3, -0.25) is 10.1 Å². The van der Waals surface area contributed by atoms with Crippen molar-refractivity contribution in [2.75, 3.05) is 0 Å². The maximum absolute atomic E-state index is 10.2. The van der Waals surface area contributed by atoms with Crippen LogP contribution in [-0.4, -0.2) is 14.5 Å². The Kier molecular flexibility index (Phi) is 2.23. The topological polar surface area (TPSA) is 61.0 Å². The zero-order chi connectivity index (χ0) is 9.14. The Hall–Kier alpha value is -1.65. The van der Waals surface area contributed by atoms with Crippen LogP contribution in [0, 0.1) is 10.1 Å². The van der Waals surface area contributed by atoms with Crippen LogP contribution in [0.15, 0.2) is 18.2 Å². The van der Waals surface area contributed by atoms with Crippen LogP contribution in [0.25, 0.3) is 6.08 Å². The monoisotopic (exact) mass is 167 g/mol. The summed E-state index contributed by atoms with van der Waals surface area (Å²) < 4.78 is 1.72. The number of hydrogen-bond donors (Lipinski definition) is 0. The first-order chi connectivity index (χ1) is 5.61. The first-order valence-electron chi connectivity index (χ1n) is 3.40. The molecule has 5 heteroatoms. The molecule has 12 heavy (non-hydrogen) atoms. The molecule has 0 atom stereocenters. The van der Waals surface area contributed by atoms with Crippen molar-refractivity contribution in [2.45, 2.75) is 6.92 Å². The Balaban J connectivity index is 2.95. The van der Waals surface area contributed by atoms with Crippen LogP contribution in [0.2, 0.25) is 0 Å². The summed E-state index contributed by atoms with van der Waals surface area (Å²) in [6.45, 7) is 1.45. The molecule has 5 nitrogen and oxygen atoms in total. The lowest BCUT2D eigenvalue weighted by molar-refractivity contribution is -0.422. The van der Waals surface area contributed by atoms with Crippen LogP contribution in [0.1, 0.15) is 12.6 Å². The molecule has 0 amide bonds. The number of aryl methyl sites for hydroxylation is 1. The first kappa shape index (κ1) is 8.45. The van der Waals surface area contributed by atoms with Gasteiger partial charge in [-0.05, 0) is 0 Å². The van der Waals surface area contributed by atoms with Crippen LogP contribution in [0.3, 0.4) is 0 Å². The number of aromatic nitrogens is 2. The average Bonchev–Trinajstić information content (AvgIpc) is 2.36. The minimum absolute atomic E-state index is 0.110. The molecule has 0 saturated heterocycles. The van der Waals surface area contributed by atoms with Gasteiger partial charge in [-0.25, -0.2) is 4.98 Å². The van der Waals surface area contributed by atoms with E-state index in [0.29, 0.717) is 0 Å². The number of hydrogen-bond acceptors (Lipinski definition) is 3. The summed E-state index contributed by atoms with van der Waals surface area (Å²) in [6.07, 6.45) is 4.65. The summed E-state index contributed by atoms with van der Waals surface area (Å²) in [5.41, 5.74) is 0.836. The van der Waals surface area contributed by atoms with Crippen molar-refractivity contribution in [3.8, 4) is 0 Å². The normalized spacial score (nSPS) is 11.7. The number of nitro groups is 1. The highest BCUT2D eigenvalue weighted by Crippen LogP contribution is 2.04. The molecule has 0 aromatic carbocycles. The number of nitrogens with zero attached hydrogens (tertiary/aromatic N) is 3. The van der Waals surface area contributed by atoms with Crippen LogP contribution < -0.4 is 0 Å². The molecule has 1 aromatic rings. The predicted molar refractivity (Wildman–Crippen MR) is 43.9 cm³/mol. The third kappa shape index (κ3) is 1.69. The molecule has 1 aromatic heterocycles. The largest absolute Gasteiger partial charge is 0.334 e. The van der Waals surface area contributed by atoms with Crippen LogP contribution in [0.4, 0.5) is 0 Å². The molecule has 0 N–H and O–H groups in total. The van der Waals surface area contributed by atoms with Crippen molar-refractivity contribution in [2.24, 2.45) is 7.05 Å². The Morgan fingerprint density at radius 2 is 2.50 bits per heavy atom. The van der Waals surface area contributed by atoms with Crippen molar-refractivity contribution in [3.05, 3.63) is 34.0 Å². The molecular weight excluding hydrogens is 158 g/mol. The van der Waals surface area contributed by atoms with E-state index in [1.54, 1.807) is 24.1 Å². The van der Waals surface area contributed by atoms with E-state index in [0.717, 1.165) is 5.69 Å². The van der Waals surface area contributed by atoms with E-state index in [9.17, 15) is 10.1 Å². The lowest BCUT2D eigenvalue weighted by atomic mass is 10.3. The molecule has 0 saturated carbocycles. The highest BCUT2D eigenvalue weighted by Gasteiger charge is 2.03. The van der Waals surface area contributed by atoms with Crippen molar-refractivity contribution in [1.82, 2.24) is 9.55 Å². The maximum atomic E-state index is 10.2. The fourth-order valence-corrected chi connectivity index (χ4v) is 0.773. The predicted octanol–water partition coefficient (Wildman–Crippen LogP) is 1.06. The quantitative estimate of drug-likeness (QED) is 0.488. The molecular formula is C7H9N3O2.